The second-order valence-corrected chi connectivity index (χ2v) is 4.40. The summed E-state index contributed by atoms with van der Waals surface area (Å²) in [4.78, 5) is 4.13. The highest BCUT2D eigenvalue weighted by Crippen LogP contribution is 2.22. The van der Waals surface area contributed by atoms with Crippen molar-refractivity contribution in [2.75, 3.05) is 0 Å². The van der Waals surface area contributed by atoms with Gasteiger partial charge in [0.1, 0.15) is 18.0 Å². The highest BCUT2D eigenvalue weighted by atomic mass is 19.1. The van der Waals surface area contributed by atoms with Gasteiger partial charge in [-0.1, -0.05) is 12.1 Å². The second kappa shape index (κ2) is 4.25. The maximum absolute atomic E-state index is 13.2. The van der Waals surface area contributed by atoms with Crippen LogP contribution in [0.5, 0.6) is 0 Å². The average Bonchev–Trinajstić information content (AvgIpc) is 2.64. The third-order valence-corrected chi connectivity index (χ3v) is 2.81. The summed E-state index contributed by atoms with van der Waals surface area (Å²) in [6.07, 6.45) is 1.99. The lowest BCUT2D eigenvalue weighted by Gasteiger charge is -2.24. The van der Waals surface area contributed by atoms with Gasteiger partial charge in [-0.05, 0) is 24.6 Å². The smallest absolute Gasteiger partial charge is 0.138 e. The average molecular weight is 234 g/mol. The number of hydrogen-bond donors (Lipinski definition) is 1. The Kier molecular flexibility index (Phi) is 2.93. The fourth-order valence-electron chi connectivity index (χ4n) is 1.75. The molecule has 0 saturated heterocycles. The zero-order valence-electron chi connectivity index (χ0n) is 9.89. The Morgan fingerprint density at radius 1 is 1.47 bits per heavy atom. The summed E-state index contributed by atoms with van der Waals surface area (Å²) in [5, 5.41) is 3.99. The monoisotopic (exact) mass is 234 g/mol. The van der Waals surface area contributed by atoms with E-state index in [1.165, 1.54) is 18.5 Å². The van der Waals surface area contributed by atoms with Crippen molar-refractivity contribution in [2.45, 2.75) is 18.9 Å². The molecule has 2 aromatic rings. The fraction of sp³-hybridized carbons (Fsp3) is 0.333. The molecule has 0 aliphatic heterocycles. The van der Waals surface area contributed by atoms with Crippen molar-refractivity contribution in [2.24, 2.45) is 12.8 Å². The molecule has 4 nitrogen and oxygen atoms in total. The first-order valence-corrected chi connectivity index (χ1v) is 5.37. The molecule has 0 aliphatic rings. The lowest BCUT2D eigenvalue weighted by molar-refractivity contribution is 0.461. The molecule has 5 heteroatoms. The minimum absolute atomic E-state index is 0.280. The molecule has 1 heterocycles. The van der Waals surface area contributed by atoms with Crippen LogP contribution in [0.2, 0.25) is 0 Å². The van der Waals surface area contributed by atoms with E-state index in [2.05, 4.69) is 10.1 Å². The third kappa shape index (κ3) is 2.50. The van der Waals surface area contributed by atoms with E-state index in [9.17, 15) is 4.39 Å². The van der Waals surface area contributed by atoms with E-state index >= 15 is 0 Å². The molecule has 1 unspecified atom stereocenters. The van der Waals surface area contributed by atoms with Crippen LogP contribution in [-0.4, -0.2) is 14.8 Å². The van der Waals surface area contributed by atoms with E-state index in [-0.39, 0.29) is 5.82 Å². The van der Waals surface area contributed by atoms with Crippen LogP contribution < -0.4 is 5.73 Å². The van der Waals surface area contributed by atoms with Crippen molar-refractivity contribution in [3.63, 3.8) is 0 Å². The number of rotatable bonds is 3. The van der Waals surface area contributed by atoms with Crippen molar-refractivity contribution in [1.82, 2.24) is 14.8 Å². The summed E-state index contributed by atoms with van der Waals surface area (Å²) in [6, 6.07) is 6.34. The molecule has 90 valence electrons. The Morgan fingerprint density at radius 2 is 2.24 bits per heavy atom. The maximum atomic E-state index is 13.2. The van der Waals surface area contributed by atoms with E-state index < -0.39 is 5.54 Å². The quantitative estimate of drug-likeness (QED) is 0.872. The summed E-state index contributed by atoms with van der Waals surface area (Å²) in [6.45, 7) is 1.86. The Hall–Kier alpha value is -1.75. The zero-order valence-corrected chi connectivity index (χ0v) is 9.89. The Bertz CT molecular complexity index is 519. The van der Waals surface area contributed by atoms with Crippen molar-refractivity contribution in [3.8, 4) is 0 Å². The Labute approximate surface area is 99.3 Å². The molecule has 0 bridgehead atoms. The van der Waals surface area contributed by atoms with Crippen LogP contribution in [0.1, 0.15) is 18.3 Å². The van der Waals surface area contributed by atoms with Crippen molar-refractivity contribution < 1.29 is 4.39 Å². The summed E-state index contributed by atoms with van der Waals surface area (Å²) in [7, 11) is 1.81. The fourth-order valence-corrected chi connectivity index (χ4v) is 1.75. The number of nitrogens with two attached hydrogens (primary N) is 1. The molecule has 0 fully saturated rings. The first kappa shape index (κ1) is 11.7. The second-order valence-electron chi connectivity index (χ2n) is 4.40. The molecule has 0 saturated carbocycles. The van der Waals surface area contributed by atoms with E-state index in [1.54, 1.807) is 10.7 Å². The van der Waals surface area contributed by atoms with E-state index in [0.717, 1.165) is 11.4 Å². The van der Waals surface area contributed by atoms with Gasteiger partial charge < -0.3 is 5.73 Å². The van der Waals surface area contributed by atoms with Gasteiger partial charge in [-0.2, -0.15) is 5.10 Å². The predicted octanol–water partition coefficient (Wildman–Crippen LogP) is 1.37. The van der Waals surface area contributed by atoms with Gasteiger partial charge in [0.05, 0.1) is 0 Å². The lowest BCUT2D eigenvalue weighted by atomic mass is 9.89. The summed E-state index contributed by atoms with van der Waals surface area (Å²) >= 11 is 0. The lowest BCUT2D eigenvalue weighted by Crippen LogP contribution is -2.36. The molecule has 0 aliphatic carbocycles. The summed E-state index contributed by atoms with van der Waals surface area (Å²) in [5.74, 6) is 0.497. The molecule has 2 N–H and O–H groups in total. The van der Waals surface area contributed by atoms with Crippen molar-refractivity contribution in [3.05, 3.63) is 47.8 Å². The number of benzene rings is 1. The molecular weight excluding hydrogens is 219 g/mol. The molecule has 1 atom stereocenters. The molecule has 0 radical (unpaired) electrons. The first-order chi connectivity index (χ1) is 7.99. The topological polar surface area (TPSA) is 56.7 Å². The van der Waals surface area contributed by atoms with Crippen LogP contribution in [0, 0.1) is 5.82 Å². The number of aryl methyl sites for hydroxylation is 1. The van der Waals surface area contributed by atoms with Crippen LogP contribution in [0.15, 0.2) is 30.6 Å². The Morgan fingerprint density at radius 3 is 2.82 bits per heavy atom. The van der Waals surface area contributed by atoms with Crippen LogP contribution >= 0.6 is 0 Å². The van der Waals surface area contributed by atoms with Gasteiger partial charge >= 0.3 is 0 Å². The third-order valence-electron chi connectivity index (χ3n) is 2.81. The SMILES string of the molecule is Cn1ncnc1CC(C)(N)c1cccc(F)c1. The van der Waals surface area contributed by atoms with Crippen molar-refractivity contribution >= 4 is 0 Å². The Balaban J connectivity index is 2.27. The van der Waals surface area contributed by atoms with Gasteiger partial charge in [-0.15, -0.1) is 0 Å². The van der Waals surface area contributed by atoms with E-state index in [1.807, 2.05) is 20.0 Å². The molecule has 2 rings (SSSR count). The minimum Gasteiger partial charge on any atom is -0.321 e. The maximum Gasteiger partial charge on any atom is 0.138 e. The van der Waals surface area contributed by atoms with Gasteiger partial charge in [0.15, 0.2) is 0 Å². The van der Waals surface area contributed by atoms with Crippen molar-refractivity contribution in [1.29, 1.82) is 0 Å². The molecule has 17 heavy (non-hydrogen) atoms. The van der Waals surface area contributed by atoms with Gasteiger partial charge in [0.2, 0.25) is 0 Å². The summed E-state index contributed by atoms with van der Waals surface area (Å²) < 4.78 is 14.8. The van der Waals surface area contributed by atoms with Crippen LogP contribution in [0.25, 0.3) is 0 Å². The van der Waals surface area contributed by atoms with Crippen LogP contribution in [0.3, 0.4) is 0 Å². The normalized spacial score (nSPS) is 14.6. The number of nitrogens with zero attached hydrogens (tertiary/aromatic N) is 3. The van der Waals surface area contributed by atoms with Gasteiger partial charge in [0.25, 0.3) is 0 Å². The van der Waals surface area contributed by atoms with Gasteiger partial charge in [-0.25, -0.2) is 9.37 Å². The van der Waals surface area contributed by atoms with Gasteiger partial charge in [-0.3, -0.25) is 4.68 Å². The molecule has 1 aromatic heterocycles. The minimum atomic E-state index is -0.664. The standard InChI is InChI=1S/C12H15FN4/c1-12(14,7-11-15-8-16-17(11)2)9-4-3-5-10(13)6-9/h3-6,8H,7,14H2,1-2H3. The molecule has 1 aromatic carbocycles. The molecular formula is C12H15FN4. The largest absolute Gasteiger partial charge is 0.321 e. The predicted molar refractivity (Wildman–Crippen MR) is 62.6 cm³/mol. The first-order valence-electron chi connectivity index (χ1n) is 5.37. The van der Waals surface area contributed by atoms with Gasteiger partial charge in [0, 0.05) is 19.0 Å². The zero-order chi connectivity index (χ0) is 12.5. The number of halogens is 1. The summed E-state index contributed by atoms with van der Waals surface area (Å²) in [5.41, 5.74) is 6.31. The van der Waals surface area contributed by atoms with E-state index in [0.29, 0.717) is 6.42 Å². The molecule has 0 spiro atoms. The van der Waals surface area contributed by atoms with Crippen LogP contribution in [0.4, 0.5) is 4.39 Å². The highest BCUT2D eigenvalue weighted by Gasteiger charge is 2.24. The van der Waals surface area contributed by atoms with Crippen LogP contribution in [-0.2, 0) is 19.0 Å². The highest BCUT2D eigenvalue weighted by molar-refractivity contribution is 5.25. The number of hydrogen-bond acceptors (Lipinski definition) is 3. The molecule has 0 amide bonds. The van der Waals surface area contributed by atoms with E-state index in [4.69, 9.17) is 5.73 Å². The number of aromatic nitrogens is 3.